The number of benzene rings is 2. The Morgan fingerprint density at radius 1 is 1.00 bits per heavy atom. The number of carbonyl (C=O) groups excluding carboxylic acids is 2. The zero-order chi connectivity index (χ0) is 16.5. The molecule has 5 heteroatoms. The van der Waals surface area contributed by atoms with Crippen LogP contribution in [-0.4, -0.2) is 18.1 Å². The molecule has 0 saturated carbocycles. The summed E-state index contributed by atoms with van der Waals surface area (Å²) in [5.41, 5.74) is 1.63. The predicted octanol–water partition coefficient (Wildman–Crippen LogP) is 2.69. The van der Waals surface area contributed by atoms with Gasteiger partial charge in [-0.05, 0) is 24.1 Å². The number of hydrogen-bond donors (Lipinski definition) is 2. The highest BCUT2D eigenvalue weighted by Crippen LogP contribution is 2.06. The van der Waals surface area contributed by atoms with E-state index in [4.69, 9.17) is 4.74 Å². The average Bonchev–Trinajstić information content (AvgIpc) is 2.60. The second-order valence-corrected chi connectivity index (χ2v) is 4.99. The molecule has 0 saturated heterocycles. The molecule has 2 aromatic carbocycles. The molecule has 0 aliphatic carbocycles. The molecule has 0 radical (unpaired) electrons. The molecule has 0 fully saturated rings. The molecule has 5 nitrogen and oxygen atoms in total. The molecule has 1 unspecified atom stereocenters. The molecular formula is C18H20N2O3. The maximum absolute atomic E-state index is 11.9. The molecular weight excluding hydrogens is 292 g/mol. The van der Waals surface area contributed by atoms with Crippen LogP contribution >= 0.6 is 0 Å². The van der Waals surface area contributed by atoms with Gasteiger partial charge in [-0.1, -0.05) is 55.5 Å². The number of esters is 1. The molecule has 2 N–H and O–H groups in total. The molecule has 23 heavy (non-hydrogen) atoms. The number of ether oxygens (including phenoxy) is 1. The lowest BCUT2D eigenvalue weighted by molar-refractivity contribution is -0.158. The SMILES string of the molecule is CCC(NCc1ccccc1)OC(=O)C(=O)Nc1ccccc1. The van der Waals surface area contributed by atoms with Gasteiger partial charge in [0.15, 0.2) is 6.23 Å². The first kappa shape index (κ1) is 16.7. The number of anilines is 1. The van der Waals surface area contributed by atoms with Gasteiger partial charge in [0.1, 0.15) is 0 Å². The number of nitrogens with one attached hydrogen (secondary N) is 2. The Hall–Kier alpha value is -2.66. The van der Waals surface area contributed by atoms with E-state index in [0.717, 1.165) is 5.56 Å². The number of carbonyl (C=O) groups is 2. The van der Waals surface area contributed by atoms with Gasteiger partial charge in [0.25, 0.3) is 0 Å². The number of rotatable bonds is 6. The van der Waals surface area contributed by atoms with Gasteiger partial charge in [0, 0.05) is 12.2 Å². The molecule has 1 atom stereocenters. The van der Waals surface area contributed by atoms with Crippen molar-refractivity contribution in [2.24, 2.45) is 0 Å². The lowest BCUT2D eigenvalue weighted by atomic mass is 10.2. The Bertz CT molecular complexity index is 629. The summed E-state index contributed by atoms with van der Waals surface area (Å²) in [6.45, 7) is 2.44. The molecule has 1 amide bonds. The van der Waals surface area contributed by atoms with Crippen molar-refractivity contribution in [2.45, 2.75) is 26.1 Å². The molecule has 0 aromatic heterocycles. The maximum atomic E-state index is 11.9. The number of amides is 1. The van der Waals surface area contributed by atoms with Crippen LogP contribution in [0.1, 0.15) is 18.9 Å². The molecule has 0 bridgehead atoms. The van der Waals surface area contributed by atoms with Crippen LogP contribution in [0.5, 0.6) is 0 Å². The average molecular weight is 312 g/mol. The fourth-order valence-electron chi connectivity index (χ4n) is 1.98. The van der Waals surface area contributed by atoms with Crippen molar-refractivity contribution in [1.29, 1.82) is 0 Å². The van der Waals surface area contributed by atoms with E-state index < -0.39 is 18.1 Å². The summed E-state index contributed by atoms with van der Waals surface area (Å²) in [6, 6.07) is 18.6. The van der Waals surface area contributed by atoms with E-state index in [0.29, 0.717) is 18.7 Å². The summed E-state index contributed by atoms with van der Waals surface area (Å²) in [4.78, 5) is 23.7. The van der Waals surface area contributed by atoms with Gasteiger partial charge in [0.2, 0.25) is 0 Å². The van der Waals surface area contributed by atoms with Crippen LogP contribution in [0.15, 0.2) is 60.7 Å². The third-order valence-corrected chi connectivity index (χ3v) is 3.21. The van der Waals surface area contributed by atoms with Gasteiger partial charge in [-0.15, -0.1) is 0 Å². The van der Waals surface area contributed by atoms with Crippen LogP contribution in [0.3, 0.4) is 0 Å². The summed E-state index contributed by atoms with van der Waals surface area (Å²) >= 11 is 0. The number of para-hydroxylation sites is 1. The highest BCUT2D eigenvalue weighted by atomic mass is 16.6. The molecule has 120 valence electrons. The van der Waals surface area contributed by atoms with Crippen molar-refractivity contribution >= 4 is 17.6 Å². The minimum Gasteiger partial charge on any atom is -0.439 e. The van der Waals surface area contributed by atoms with Crippen molar-refractivity contribution in [3.8, 4) is 0 Å². The topological polar surface area (TPSA) is 67.4 Å². The smallest absolute Gasteiger partial charge is 0.398 e. The number of hydrogen-bond acceptors (Lipinski definition) is 4. The quantitative estimate of drug-likeness (QED) is 0.489. The van der Waals surface area contributed by atoms with Gasteiger partial charge in [-0.25, -0.2) is 4.79 Å². The molecule has 0 heterocycles. The molecule has 0 spiro atoms. The Morgan fingerprint density at radius 3 is 2.22 bits per heavy atom. The van der Waals surface area contributed by atoms with E-state index in [-0.39, 0.29) is 0 Å². The van der Waals surface area contributed by atoms with Gasteiger partial charge >= 0.3 is 11.9 Å². The summed E-state index contributed by atoms with van der Waals surface area (Å²) in [7, 11) is 0. The normalized spacial score (nSPS) is 11.5. The summed E-state index contributed by atoms with van der Waals surface area (Å²) in [5, 5.41) is 5.62. The van der Waals surface area contributed by atoms with Crippen LogP contribution < -0.4 is 10.6 Å². The first-order valence-electron chi connectivity index (χ1n) is 7.53. The van der Waals surface area contributed by atoms with E-state index in [1.54, 1.807) is 24.3 Å². The third-order valence-electron chi connectivity index (χ3n) is 3.21. The first-order chi connectivity index (χ1) is 11.2. The Balaban J connectivity index is 1.83. The molecule has 0 aliphatic heterocycles. The van der Waals surface area contributed by atoms with Crippen molar-refractivity contribution < 1.29 is 14.3 Å². The van der Waals surface area contributed by atoms with Crippen LogP contribution in [-0.2, 0) is 20.9 Å². The minimum absolute atomic E-state index is 0.510. The highest BCUT2D eigenvalue weighted by molar-refractivity contribution is 6.37. The molecule has 2 rings (SSSR count). The van der Waals surface area contributed by atoms with Crippen molar-refractivity contribution in [3.63, 3.8) is 0 Å². The predicted molar refractivity (Wildman–Crippen MR) is 88.5 cm³/mol. The first-order valence-corrected chi connectivity index (χ1v) is 7.53. The zero-order valence-electron chi connectivity index (χ0n) is 13.0. The fraction of sp³-hybridized carbons (Fsp3) is 0.222. The van der Waals surface area contributed by atoms with Gasteiger partial charge in [0.05, 0.1) is 0 Å². The summed E-state index contributed by atoms with van der Waals surface area (Å²) in [6.07, 6.45) is 0.0567. The van der Waals surface area contributed by atoms with Gasteiger partial charge < -0.3 is 10.1 Å². The van der Waals surface area contributed by atoms with E-state index >= 15 is 0 Å². The zero-order valence-corrected chi connectivity index (χ0v) is 13.0. The van der Waals surface area contributed by atoms with E-state index in [1.807, 2.05) is 43.3 Å². The second kappa shape index (κ2) is 8.70. The maximum Gasteiger partial charge on any atom is 0.398 e. The lowest BCUT2D eigenvalue weighted by Crippen LogP contribution is -2.37. The van der Waals surface area contributed by atoms with E-state index in [9.17, 15) is 9.59 Å². The monoisotopic (exact) mass is 312 g/mol. The largest absolute Gasteiger partial charge is 0.439 e. The summed E-state index contributed by atoms with van der Waals surface area (Å²) in [5.74, 6) is -1.68. The van der Waals surface area contributed by atoms with E-state index in [1.165, 1.54) is 0 Å². The van der Waals surface area contributed by atoms with Crippen LogP contribution in [0.2, 0.25) is 0 Å². The molecule has 0 aliphatic rings. The van der Waals surface area contributed by atoms with Crippen LogP contribution in [0.4, 0.5) is 5.69 Å². The second-order valence-electron chi connectivity index (χ2n) is 4.99. The van der Waals surface area contributed by atoms with E-state index in [2.05, 4.69) is 10.6 Å². The fourth-order valence-corrected chi connectivity index (χ4v) is 1.98. The lowest BCUT2D eigenvalue weighted by Gasteiger charge is -2.17. The minimum atomic E-state index is -0.902. The Morgan fingerprint density at radius 2 is 1.61 bits per heavy atom. The highest BCUT2D eigenvalue weighted by Gasteiger charge is 2.19. The molecule has 2 aromatic rings. The standard InChI is InChI=1S/C18H20N2O3/c1-2-16(19-13-14-9-5-3-6-10-14)23-18(22)17(21)20-15-11-7-4-8-12-15/h3-12,16,19H,2,13H2,1H3,(H,20,21). The Labute approximate surface area is 135 Å². The van der Waals surface area contributed by atoms with Crippen molar-refractivity contribution in [3.05, 3.63) is 66.2 Å². The van der Waals surface area contributed by atoms with Crippen molar-refractivity contribution in [1.82, 2.24) is 5.32 Å². The summed E-state index contributed by atoms with van der Waals surface area (Å²) < 4.78 is 5.19. The Kier molecular flexibility index (Phi) is 6.32. The van der Waals surface area contributed by atoms with Gasteiger partial charge in [-0.2, -0.15) is 0 Å². The van der Waals surface area contributed by atoms with Crippen LogP contribution in [0, 0.1) is 0 Å². The van der Waals surface area contributed by atoms with Crippen LogP contribution in [0.25, 0.3) is 0 Å². The van der Waals surface area contributed by atoms with Gasteiger partial charge in [-0.3, -0.25) is 10.1 Å². The van der Waals surface area contributed by atoms with Crippen molar-refractivity contribution in [2.75, 3.05) is 5.32 Å². The third kappa shape index (κ3) is 5.56.